The lowest BCUT2D eigenvalue weighted by molar-refractivity contribution is 0.171. The molecule has 11 heavy (non-hydrogen) atoms. The molecule has 0 aliphatic heterocycles. The SMILES string of the molecule is [CH2]CCSCC=CC(F)(F)Br. The second-order valence-corrected chi connectivity index (χ2v) is 4.08. The van der Waals surface area contributed by atoms with Gasteiger partial charge >= 0.3 is 4.83 Å². The number of allylic oxidation sites excluding steroid dienone is 1. The molecular formula is C7H10BrF2S. The molecule has 0 aromatic carbocycles. The summed E-state index contributed by atoms with van der Waals surface area (Å²) in [6.07, 6.45) is 3.14. The van der Waals surface area contributed by atoms with Gasteiger partial charge in [0.05, 0.1) is 0 Å². The molecule has 0 aliphatic carbocycles. The molecule has 0 bridgehead atoms. The molecule has 0 spiro atoms. The molecule has 65 valence electrons. The summed E-state index contributed by atoms with van der Waals surface area (Å²) in [7, 11) is 0. The van der Waals surface area contributed by atoms with Gasteiger partial charge in [0.25, 0.3) is 0 Å². The summed E-state index contributed by atoms with van der Waals surface area (Å²) in [5, 5.41) is 0. The van der Waals surface area contributed by atoms with Crippen molar-refractivity contribution in [3.05, 3.63) is 19.1 Å². The average molecular weight is 244 g/mol. The van der Waals surface area contributed by atoms with Crippen molar-refractivity contribution >= 4 is 27.7 Å². The van der Waals surface area contributed by atoms with E-state index in [9.17, 15) is 8.78 Å². The third-order valence-electron chi connectivity index (χ3n) is 0.810. The average Bonchev–Trinajstić information content (AvgIpc) is 1.85. The Balaban J connectivity index is 3.30. The molecular weight excluding hydrogens is 234 g/mol. The van der Waals surface area contributed by atoms with E-state index in [2.05, 4.69) is 22.9 Å². The Morgan fingerprint density at radius 3 is 2.64 bits per heavy atom. The first-order valence-electron chi connectivity index (χ1n) is 3.17. The highest BCUT2D eigenvalue weighted by molar-refractivity contribution is 9.10. The Hall–Kier alpha value is 0.430. The van der Waals surface area contributed by atoms with E-state index < -0.39 is 4.83 Å². The zero-order valence-corrected chi connectivity index (χ0v) is 8.43. The van der Waals surface area contributed by atoms with Crippen LogP contribution in [-0.4, -0.2) is 16.3 Å². The molecule has 0 heterocycles. The highest BCUT2D eigenvalue weighted by atomic mass is 79.9. The monoisotopic (exact) mass is 243 g/mol. The molecule has 0 saturated heterocycles. The first-order valence-corrected chi connectivity index (χ1v) is 5.12. The van der Waals surface area contributed by atoms with Crippen LogP contribution in [-0.2, 0) is 0 Å². The molecule has 0 aromatic rings. The maximum Gasteiger partial charge on any atom is 0.319 e. The van der Waals surface area contributed by atoms with Crippen LogP contribution in [0, 0.1) is 6.92 Å². The van der Waals surface area contributed by atoms with Gasteiger partial charge in [-0.25, -0.2) is 0 Å². The van der Waals surface area contributed by atoms with Gasteiger partial charge in [0, 0.05) is 5.75 Å². The van der Waals surface area contributed by atoms with Crippen molar-refractivity contribution in [3.63, 3.8) is 0 Å². The van der Waals surface area contributed by atoms with Crippen LogP contribution in [0.1, 0.15) is 6.42 Å². The van der Waals surface area contributed by atoms with Crippen LogP contribution >= 0.6 is 27.7 Å². The summed E-state index contributed by atoms with van der Waals surface area (Å²) >= 11 is 3.80. The largest absolute Gasteiger partial charge is 0.319 e. The van der Waals surface area contributed by atoms with Crippen LogP contribution in [0.3, 0.4) is 0 Å². The predicted octanol–water partition coefficient (Wildman–Crippen LogP) is 3.49. The van der Waals surface area contributed by atoms with E-state index in [-0.39, 0.29) is 0 Å². The van der Waals surface area contributed by atoms with Gasteiger partial charge in [0.1, 0.15) is 0 Å². The van der Waals surface area contributed by atoms with Crippen LogP contribution in [0.15, 0.2) is 12.2 Å². The lowest BCUT2D eigenvalue weighted by Crippen LogP contribution is -1.97. The minimum Gasteiger partial charge on any atom is -0.189 e. The van der Waals surface area contributed by atoms with Crippen molar-refractivity contribution in [3.8, 4) is 0 Å². The lowest BCUT2D eigenvalue weighted by Gasteiger charge is -1.98. The Labute approximate surface area is 78.6 Å². The Morgan fingerprint density at radius 2 is 2.18 bits per heavy atom. The van der Waals surface area contributed by atoms with E-state index in [1.54, 1.807) is 11.8 Å². The molecule has 1 radical (unpaired) electrons. The number of alkyl halides is 3. The highest BCUT2D eigenvalue weighted by Crippen LogP contribution is 2.22. The van der Waals surface area contributed by atoms with Crippen molar-refractivity contribution in [1.29, 1.82) is 0 Å². The smallest absolute Gasteiger partial charge is 0.189 e. The fraction of sp³-hybridized carbons (Fsp3) is 0.571. The molecule has 0 aliphatic rings. The molecule has 0 N–H and O–H groups in total. The van der Waals surface area contributed by atoms with Crippen molar-refractivity contribution in [2.75, 3.05) is 11.5 Å². The van der Waals surface area contributed by atoms with Crippen molar-refractivity contribution in [1.82, 2.24) is 0 Å². The molecule has 0 amide bonds. The van der Waals surface area contributed by atoms with E-state index in [1.807, 2.05) is 0 Å². The maximum absolute atomic E-state index is 12.0. The van der Waals surface area contributed by atoms with Gasteiger partial charge in [-0.05, 0) is 34.2 Å². The van der Waals surface area contributed by atoms with Crippen LogP contribution < -0.4 is 0 Å². The second kappa shape index (κ2) is 6.00. The van der Waals surface area contributed by atoms with Crippen molar-refractivity contribution in [2.45, 2.75) is 11.3 Å². The van der Waals surface area contributed by atoms with E-state index in [1.165, 1.54) is 6.08 Å². The number of hydrogen-bond donors (Lipinski definition) is 0. The molecule has 0 unspecified atom stereocenters. The highest BCUT2D eigenvalue weighted by Gasteiger charge is 2.17. The normalized spacial score (nSPS) is 12.7. The van der Waals surface area contributed by atoms with Crippen molar-refractivity contribution < 1.29 is 8.78 Å². The number of thioether (sulfide) groups is 1. The first-order chi connectivity index (χ1) is 5.06. The summed E-state index contributed by atoms with van der Waals surface area (Å²) in [5.41, 5.74) is 0. The standard InChI is InChI=1S/C7H10BrF2S/c1-2-5-11-6-3-4-7(8,9)10/h3-4H,1-2,5-6H2. The predicted molar refractivity (Wildman–Crippen MR) is 50.3 cm³/mol. The van der Waals surface area contributed by atoms with Gasteiger partial charge in [-0.3, -0.25) is 0 Å². The van der Waals surface area contributed by atoms with E-state index >= 15 is 0 Å². The maximum atomic E-state index is 12.0. The fourth-order valence-corrected chi connectivity index (χ4v) is 1.23. The molecule has 0 nitrogen and oxygen atoms in total. The zero-order chi connectivity index (χ0) is 8.74. The minimum atomic E-state index is -2.85. The molecule has 0 atom stereocenters. The number of rotatable bonds is 5. The van der Waals surface area contributed by atoms with Gasteiger partial charge in [-0.1, -0.05) is 13.0 Å². The van der Waals surface area contributed by atoms with Gasteiger partial charge < -0.3 is 0 Å². The Morgan fingerprint density at radius 1 is 1.55 bits per heavy atom. The van der Waals surface area contributed by atoms with Crippen LogP contribution in [0.2, 0.25) is 0 Å². The summed E-state index contributed by atoms with van der Waals surface area (Å²) in [4.78, 5) is -2.85. The van der Waals surface area contributed by atoms with Gasteiger partial charge in [0.15, 0.2) is 0 Å². The topological polar surface area (TPSA) is 0 Å². The Bertz CT molecular complexity index is 120. The van der Waals surface area contributed by atoms with Gasteiger partial charge in [-0.2, -0.15) is 20.5 Å². The summed E-state index contributed by atoms with van der Waals surface area (Å²) < 4.78 is 24.1. The molecule has 0 fully saturated rings. The number of halogens is 3. The van der Waals surface area contributed by atoms with Gasteiger partial charge in [-0.15, -0.1) is 0 Å². The molecule has 0 rings (SSSR count). The number of hydrogen-bond acceptors (Lipinski definition) is 1. The van der Waals surface area contributed by atoms with E-state index in [0.29, 0.717) is 5.75 Å². The minimum absolute atomic E-state index is 0.622. The third-order valence-corrected chi connectivity index (χ3v) is 2.08. The van der Waals surface area contributed by atoms with Crippen LogP contribution in [0.25, 0.3) is 0 Å². The fourth-order valence-electron chi connectivity index (χ4n) is 0.435. The quantitative estimate of drug-likeness (QED) is 0.405. The molecule has 4 heteroatoms. The first kappa shape index (κ1) is 11.4. The third kappa shape index (κ3) is 10.4. The van der Waals surface area contributed by atoms with Crippen LogP contribution in [0.4, 0.5) is 8.78 Å². The molecule has 0 saturated carbocycles. The zero-order valence-electron chi connectivity index (χ0n) is 6.03. The van der Waals surface area contributed by atoms with Crippen molar-refractivity contribution in [2.24, 2.45) is 0 Å². The molecule has 0 aromatic heterocycles. The van der Waals surface area contributed by atoms with E-state index in [0.717, 1.165) is 18.2 Å². The summed E-state index contributed by atoms with van der Waals surface area (Å²) in [6.45, 7) is 3.63. The summed E-state index contributed by atoms with van der Waals surface area (Å²) in [5.74, 6) is 1.54. The lowest BCUT2D eigenvalue weighted by atomic mass is 10.5. The van der Waals surface area contributed by atoms with Crippen LogP contribution in [0.5, 0.6) is 0 Å². The Kier molecular flexibility index (Phi) is 6.24. The van der Waals surface area contributed by atoms with Gasteiger partial charge in [0.2, 0.25) is 0 Å². The summed E-state index contributed by atoms with van der Waals surface area (Å²) in [6, 6.07) is 0. The second-order valence-electron chi connectivity index (χ2n) is 1.87. The van der Waals surface area contributed by atoms with E-state index in [4.69, 9.17) is 0 Å².